The molecule has 1 aliphatic heterocycles. The summed E-state index contributed by atoms with van der Waals surface area (Å²) in [5.74, 6) is 0.527. The van der Waals surface area contributed by atoms with E-state index in [1.165, 1.54) is 19.2 Å². The molecule has 0 bridgehead atoms. The zero-order chi connectivity index (χ0) is 20.1. The summed E-state index contributed by atoms with van der Waals surface area (Å²) in [6.07, 6.45) is 1.55. The minimum Gasteiger partial charge on any atom is -0.494 e. The second-order valence-electron chi connectivity index (χ2n) is 6.50. The van der Waals surface area contributed by atoms with Crippen LogP contribution in [0.3, 0.4) is 0 Å². The van der Waals surface area contributed by atoms with Crippen LogP contribution in [0, 0.1) is 0 Å². The number of nitrogens with one attached hydrogen (secondary N) is 1. The number of carbonyl (C=O) groups excluding carboxylic acids is 1. The van der Waals surface area contributed by atoms with Gasteiger partial charge in [-0.3, -0.25) is 9.52 Å². The molecule has 0 atom stereocenters. The summed E-state index contributed by atoms with van der Waals surface area (Å²) < 4.78 is 38.3. The van der Waals surface area contributed by atoms with Crippen LogP contribution in [0.25, 0.3) is 0 Å². The first-order chi connectivity index (χ1) is 13.4. The molecular weight excluding hydrogens is 380 g/mol. The van der Waals surface area contributed by atoms with Gasteiger partial charge in [-0.25, -0.2) is 8.42 Å². The Morgan fingerprint density at radius 3 is 2.61 bits per heavy atom. The summed E-state index contributed by atoms with van der Waals surface area (Å²) in [6.45, 7) is 3.17. The molecule has 2 aromatic carbocycles. The van der Waals surface area contributed by atoms with Crippen LogP contribution >= 0.6 is 0 Å². The molecule has 1 heterocycles. The van der Waals surface area contributed by atoms with Crippen LogP contribution in [0.1, 0.15) is 18.9 Å². The molecule has 0 aliphatic carbocycles. The molecule has 0 spiro atoms. The number of nitrogens with zero attached hydrogens (tertiary/aromatic N) is 1. The van der Waals surface area contributed by atoms with Gasteiger partial charge in [-0.2, -0.15) is 0 Å². The number of carbonyl (C=O) groups is 1. The van der Waals surface area contributed by atoms with Crippen molar-refractivity contribution in [2.24, 2.45) is 0 Å². The zero-order valence-corrected chi connectivity index (χ0v) is 16.8. The highest BCUT2D eigenvalue weighted by Crippen LogP contribution is 2.31. The quantitative estimate of drug-likeness (QED) is 0.731. The van der Waals surface area contributed by atoms with Crippen molar-refractivity contribution in [3.8, 4) is 5.75 Å². The Morgan fingerprint density at radius 2 is 1.93 bits per heavy atom. The minimum atomic E-state index is -3.71. The minimum absolute atomic E-state index is 0.0196. The number of sulfonamides is 1. The van der Waals surface area contributed by atoms with Crippen molar-refractivity contribution in [2.75, 3.05) is 36.5 Å². The average Bonchev–Trinajstić information content (AvgIpc) is 3.10. The molecule has 2 aromatic rings. The number of ether oxygens (including phenoxy) is 2. The van der Waals surface area contributed by atoms with Gasteiger partial charge in [0.1, 0.15) is 12.4 Å². The van der Waals surface area contributed by atoms with E-state index in [0.717, 1.165) is 17.7 Å². The Labute approximate surface area is 165 Å². The highest BCUT2D eigenvalue weighted by atomic mass is 32.2. The molecule has 0 saturated carbocycles. The summed E-state index contributed by atoms with van der Waals surface area (Å²) in [6, 6.07) is 11.5. The zero-order valence-electron chi connectivity index (χ0n) is 16.0. The van der Waals surface area contributed by atoms with Crippen LogP contribution in [0.5, 0.6) is 5.75 Å². The molecule has 150 valence electrons. The second-order valence-corrected chi connectivity index (χ2v) is 8.18. The Hall–Kier alpha value is -2.58. The number of benzene rings is 2. The Bertz CT molecular complexity index is 942. The fraction of sp³-hybridized carbons (Fsp3) is 0.350. The molecule has 0 fully saturated rings. The van der Waals surface area contributed by atoms with E-state index in [0.29, 0.717) is 31.0 Å². The lowest BCUT2D eigenvalue weighted by Crippen LogP contribution is -2.31. The van der Waals surface area contributed by atoms with E-state index < -0.39 is 10.0 Å². The normalized spacial score (nSPS) is 13.3. The van der Waals surface area contributed by atoms with E-state index in [4.69, 9.17) is 9.47 Å². The van der Waals surface area contributed by atoms with E-state index in [-0.39, 0.29) is 17.4 Å². The van der Waals surface area contributed by atoms with E-state index in [1.807, 2.05) is 6.92 Å². The topological polar surface area (TPSA) is 84.9 Å². The van der Waals surface area contributed by atoms with Gasteiger partial charge in [0.25, 0.3) is 15.9 Å². The maximum Gasteiger partial charge on any atom is 0.261 e. The number of hydrogen-bond acceptors (Lipinski definition) is 5. The number of methoxy groups -OCH3 is 1. The van der Waals surface area contributed by atoms with E-state index >= 15 is 0 Å². The molecule has 0 unspecified atom stereocenters. The molecule has 0 saturated heterocycles. The molecule has 28 heavy (non-hydrogen) atoms. The third-order valence-electron chi connectivity index (χ3n) is 4.40. The van der Waals surface area contributed by atoms with E-state index in [1.54, 1.807) is 35.2 Å². The Balaban J connectivity index is 1.74. The lowest BCUT2D eigenvalue weighted by molar-refractivity contribution is -0.122. The highest BCUT2D eigenvalue weighted by molar-refractivity contribution is 7.92. The molecule has 0 aromatic heterocycles. The third-order valence-corrected chi connectivity index (χ3v) is 5.80. The predicted molar refractivity (Wildman–Crippen MR) is 107 cm³/mol. The van der Waals surface area contributed by atoms with Gasteiger partial charge in [-0.15, -0.1) is 0 Å². The summed E-state index contributed by atoms with van der Waals surface area (Å²) in [4.78, 5) is 13.9. The molecule has 0 radical (unpaired) electrons. The number of fused-ring (bicyclic) bond motifs is 1. The first-order valence-electron chi connectivity index (χ1n) is 9.12. The fourth-order valence-electron chi connectivity index (χ4n) is 3.07. The van der Waals surface area contributed by atoms with E-state index in [9.17, 15) is 13.2 Å². The molecule has 7 nitrogen and oxygen atoms in total. The van der Waals surface area contributed by atoms with Crippen molar-refractivity contribution in [3.63, 3.8) is 0 Å². The summed E-state index contributed by atoms with van der Waals surface area (Å²) in [7, 11) is -2.23. The SMILES string of the molecule is CCCOc1ccc(S(=O)(=O)Nc2ccc3c(c2)CCN3C(=O)COC)cc1. The molecular formula is C20H24N2O5S. The summed E-state index contributed by atoms with van der Waals surface area (Å²) >= 11 is 0. The monoisotopic (exact) mass is 404 g/mol. The van der Waals surface area contributed by atoms with Gasteiger partial charge in [0.15, 0.2) is 0 Å². The summed E-state index contributed by atoms with van der Waals surface area (Å²) in [5.41, 5.74) is 2.18. The van der Waals surface area contributed by atoms with Gasteiger partial charge < -0.3 is 14.4 Å². The second kappa shape index (κ2) is 8.62. The number of anilines is 2. The fourth-order valence-corrected chi connectivity index (χ4v) is 4.12. The maximum absolute atomic E-state index is 12.7. The van der Waals surface area contributed by atoms with E-state index in [2.05, 4.69) is 4.72 Å². The highest BCUT2D eigenvalue weighted by Gasteiger charge is 2.25. The molecule has 8 heteroatoms. The predicted octanol–water partition coefficient (Wildman–Crippen LogP) is 2.81. The van der Waals surface area contributed by atoms with Crippen molar-refractivity contribution in [1.29, 1.82) is 0 Å². The lowest BCUT2D eigenvalue weighted by Gasteiger charge is -2.17. The maximum atomic E-state index is 12.7. The number of hydrogen-bond donors (Lipinski definition) is 1. The average molecular weight is 404 g/mol. The van der Waals surface area contributed by atoms with Gasteiger partial charge in [0.05, 0.1) is 11.5 Å². The van der Waals surface area contributed by atoms with Gasteiger partial charge in [0, 0.05) is 25.0 Å². The number of rotatable bonds is 8. The Morgan fingerprint density at radius 1 is 1.18 bits per heavy atom. The lowest BCUT2D eigenvalue weighted by atomic mass is 10.1. The van der Waals surface area contributed by atoms with Crippen molar-refractivity contribution in [1.82, 2.24) is 0 Å². The molecule has 1 amide bonds. The first kappa shape index (κ1) is 20.2. The largest absolute Gasteiger partial charge is 0.494 e. The standard InChI is InChI=1S/C20H24N2O5S/c1-3-12-27-17-5-7-18(8-6-17)28(24,25)21-16-4-9-19-15(13-16)10-11-22(19)20(23)14-26-2/h4-9,13,21H,3,10-12,14H2,1-2H3. The van der Waals surface area contributed by atoms with Crippen molar-refractivity contribution in [2.45, 2.75) is 24.7 Å². The van der Waals surface area contributed by atoms with Crippen molar-refractivity contribution in [3.05, 3.63) is 48.0 Å². The van der Waals surface area contributed by atoms with Gasteiger partial charge in [-0.1, -0.05) is 6.92 Å². The smallest absolute Gasteiger partial charge is 0.261 e. The van der Waals surface area contributed by atoms with Crippen LogP contribution in [-0.2, 0) is 26.0 Å². The van der Waals surface area contributed by atoms with Crippen LogP contribution < -0.4 is 14.4 Å². The first-order valence-corrected chi connectivity index (χ1v) is 10.6. The third kappa shape index (κ3) is 4.45. The van der Waals surface area contributed by atoms with Crippen LogP contribution in [0.4, 0.5) is 11.4 Å². The van der Waals surface area contributed by atoms with Gasteiger partial charge >= 0.3 is 0 Å². The van der Waals surface area contributed by atoms with Crippen LogP contribution in [0.2, 0.25) is 0 Å². The summed E-state index contributed by atoms with van der Waals surface area (Å²) in [5, 5.41) is 0. The molecule has 1 aliphatic rings. The van der Waals surface area contributed by atoms with Gasteiger partial charge in [-0.05, 0) is 60.9 Å². The molecule has 1 N–H and O–H groups in total. The van der Waals surface area contributed by atoms with Crippen molar-refractivity contribution < 1.29 is 22.7 Å². The van der Waals surface area contributed by atoms with Crippen LogP contribution in [0.15, 0.2) is 47.4 Å². The Kier molecular flexibility index (Phi) is 6.21. The van der Waals surface area contributed by atoms with Gasteiger partial charge in [0.2, 0.25) is 0 Å². The number of amides is 1. The van der Waals surface area contributed by atoms with Crippen molar-refractivity contribution >= 4 is 27.3 Å². The van der Waals surface area contributed by atoms with Crippen LogP contribution in [-0.4, -0.2) is 41.2 Å². The molecule has 3 rings (SSSR count).